The Morgan fingerprint density at radius 1 is 0.307 bits per heavy atom. The van der Waals surface area contributed by atoms with E-state index in [0.717, 1.165) is 108 Å². The van der Waals surface area contributed by atoms with E-state index in [4.69, 9.17) is 37.0 Å². The van der Waals surface area contributed by atoms with Crippen LogP contribution in [0.1, 0.15) is 344 Å². The summed E-state index contributed by atoms with van der Waals surface area (Å²) in [6, 6.07) is 0. The van der Waals surface area contributed by atoms with Gasteiger partial charge in [-0.15, -0.1) is 0 Å². The number of phosphoric acid groups is 2. The van der Waals surface area contributed by atoms with Crippen molar-refractivity contribution in [3.8, 4) is 0 Å². The van der Waals surface area contributed by atoms with E-state index < -0.39 is 97.5 Å². The third-order valence-corrected chi connectivity index (χ3v) is 17.8. The van der Waals surface area contributed by atoms with Crippen LogP contribution in [0, 0.1) is 17.8 Å². The van der Waals surface area contributed by atoms with Crippen molar-refractivity contribution in [3.63, 3.8) is 0 Å². The minimum Gasteiger partial charge on any atom is -0.462 e. The smallest absolute Gasteiger partial charge is 0.462 e. The summed E-state index contributed by atoms with van der Waals surface area (Å²) in [5.74, 6) is 0.104. The average Bonchev–Trinajstić information content (AvgIpc) is 3.36. The molecule has 0 aliphatic heterocycles. The molecule has 19 heteroatoms. The second-order valence-corrected chi connectivity index (χ2v) is 29.3. The van der Waals surface area contributed by atoms with Crippen molar-refractivity contribution in [2.45, 2.75) is 362 Å². The van der Waals surface area contributed by atoms with Gasteiger partial charge >= 0.3 is 39.5 Å². The van der Waals surface area contributed by atoms with E-state index in [1.807, 2.05) is 0 Å². The van der Waals surface area contributed by atoms with Crippen molar-refractivity contribution in [1.29, 1.82) is 0 Å². The molecule has 0 radical (unpaired) electrons. The Bertz CT molecular complexity index is 1730. The number of aliphatic hydroxyl groups is 1. The molecule has 0 spiro atoms. The highest BCUT2D eigenvalue weighted by atomic mass is 31.2. The topological polar surface area (TPSA) is 237 Å². The van der Waals surface area contributed by atoms with E-state index in [9.17, 15) is 43.2 Å². The maximum absolute atomic E-state index is 13.0. The molecule has 0 saturated carbocycles. The van der Waals surface area contributed by atoms with Crippen molar-refractivity contribution in [2.24, 2.45) is 17.8 Å². The summed E-state index contributed by atoms with van der Waals surface area (Å²) in [4.78, 5) is 72.4. The first kappa shape index (κ1) is 86.1. The highest BCUT2D eigenvalue weighted by molar-refractivity contribution is 7.47. The predicted octanol–water partition coefficient (Wildman–Crippen LogP) is 19.5. The van der Waals surface area contributed by atoms with Crippen LogP contribution >= 0.6 is 15.6 Å². The molecule has 0 rings (SSSR count). The van der Waals surface area contributed by atoms with Gasteiger partial charge in [-0.05, 0) is 43.4 Å². The van der Waals surface area contributed by atoms with Gasteiger partial charge in [0.25, 0.3) is 0 Å². The van der Waals surface area contributed by atoms with Crippen LogP contribution in [0.25, 0.3) is 0 Å². The van der Waals surface area contributed by atoms with Gasteiger partial charge < -0.3 is 33.8 Å². The predicted molar refractivity (Wildman–Crippen MR) is 354 cm³/mol. The van der Waals surface area contributed by atoms with E-state index in [1.165, 1.54) is 148 Å². The van der Waals surface area contributed by atoms with Crippen LogP contribution in [0.3, 0.4) is 0 Å². The molecule has 5 atom stereocenters. The van der Waals surface area contributed by atoms with Gasteiger partial charge in [0.1, 0.15) is 19.3 Å². The Kier molecular flexibility index (Phi) is 58.7. The Morgan fingerprint density at radius 3 is 0.773 bits per heavy atom. The van der Waals surface area contributed by atoms with Gasteiger partial charge in [0.05, 0.1) is 26.4 Å². The minimum atomic E-state index is -4.95. The van der Waals surface area contributed by atoms with Crippen LogP contribution in [0.15, 0.2) is 0 Å². The lowest BCUT2D eigenvalue weighted by atomic mass is 10.0. The standard InChI is InChI=1S/C69H134O17P2/c1-8-9-10-11-12-28-36-43-50-66(71)79-57-65(86-69(74)53-46-39-32-31-35-42-49-62(6)7)59-84-88(77,78)82-55-63(70)54-81-87(75,76)83-58-64(56-80-67(72)51-44-37-29-24-20-17-16-19-23-27-34-41-48-61(4)5)85-68(73)52-45-38-30-25-21-15-13-14-18-22-26-33-40-47-60(2)3/h60-65,70H,8-59H2,1-7H3,(H,75,76)(H,77,78)/t63-,64-,65-/m1/s1. The molecule has 3 N–H and O–H groups in total. The summed E-state index contributed by atoms with van der Waals surface area (Å²) in [7, 11) is -9.89. The zero-order valence-corrected chi connectivity index (χ0v) is 59.0. The second kappa shape index (κ2) is 60.0. The lowest BCUT2D eigenvalue weighted by Crippen LogP contribution is -2.30. The van der Waals surface area contributed by atoms with E-state index in [1.54, 1.807) is 0 Å². The zero-order chi connectivity index (χ0) is 65.2. The molecule has 88 heavy (non-hydrogen) atoms. The van der Waals surface area contributed by atoms with Crippen molar-refractivity contribution >= 4 is 39.5 Å². The quantitative estimate of drug-likeness (QED) is 0.0222. The third kappa shape index (κ3) is 62.8. The van der Waals surface area contributed by atoms with Gasteiger partial charge in [0.15, 0.2) is 12.2 Å². The molecular weight excluding hydrogens is 1160 g/mol. The van der Waals surface area contributed by atoms with E-state index in [2.05, 4.69) is 48.5 Å². The van der Waals surface area contributed by atoms with Gasteiger partial charge in [-0.3, -0.25) is 37.3 Å². The van der Waals surface area contributed by atoms with Crippen molar-refractivity contribution in [1.82, 2.24) is 0 Å². The lowest BCUT2D eigenvalue weighted by Gasteiger charge is -2.21. The van der Waals surface area contributed by atoms with Crippen LogP contribution in [0.5, 0.6) is 0 Å². The van der Waals surface area contributed by atoms with Crippen LogP contribution in [0.4, 0.5) is 0 Å². The number of unbranched alkanes of at least 4 members (excludes halogenated alkanes) is 35. The molecule has 0 heterocycles. The first-order chi connectivity index (χ1) is 42.2. The zero-order valence-electron chi connectivity index (χ0n) is 57.2. The number of carbonyl (C=O) groups excluding carboxylic acids is 4. The van der Waals surface area contributed by atoms with Crippen LogP contribution in [-0.2, 0) is 65.4 Å². The van der Waals surface area contributed by atoms with E-state index in [-0.39, 0.29) is 25.7 Å². The van der Waals surface area contributed by atoms with Crippen molar-refractivity contribution < 1.29 is 80.2 Å². The largest absolute Gasteiger partial charge is 0.472 e. The molecule has 0 amide bonds. The summed E-state index contributed by atoms with van der Waals surface area (Å²) in [5, 5.41) is 10.6. The number of rotatable bonds is 67. The summed E-state index contributed by atoms with van der Waals surface area (Å²) in [6.07, 6.45) is 43.3. The number of aliphatic hydroxyl groups excluding tert-OH is 1. The Labute approximate surface area is 537 Å². The fraction of sp³-hybridized carbons (Fsp3) is 0.942. The first-order valence-electron chi connectivity index (χ1n) is 35.8. The summed E-state index contributed by atoms with van der Waals surface area (Å²) >= 11 is 0. The Morgan fingerprint density at radius 2 is 0.523 bits per heavy atom. The highest BCUT2D eigenvalue weighted by Crippen LogP contribution is 2.45. The van der Waals surface area contributed by atoms with Crippen LogP contribution in [0.2, 0.25) is 0 Å². The fourth-order valence-corrected chi connectivity index (χ4v) is 11.9. The molecule has 0 aromatic rings. The normalized spacial score (nSPS) is 14.2. The number of hydrogen-bond acceptors (Lipinski definition) is 15. The molecule has 2 unspecified atom stereocenters. The average molecular weight is 1300 g/mol. The summed E-state index contributed by atoms with van der Waals surface area (Å²) in [6.45, 7) is 11.8. The van der Waals surface area contributed by atoms with Gasteiger partial charge in [0, 0.05) is 25.7 Å². The molecule has 0 aliphatic rings. The molecule has 0 fully saturated rings. The number of ether oxygens (including phenoxy) is 4. The van der Waals surface area contributed by atoms with Gasteiger partial charge in [-0.2, -0.15) is 0 Å². The van der Waals surface area contributed by atoms with Gasteiger partial charge in [-0.25, -0.2) is 9.13 Å². The molecule has 522 valence electrons. The fourth-order valence-electron chi connectivity index (χ4n) is 10.4. The summed E-state index contributed by atoms with van der Waals surface area (Å²) < 4.78 is 68.1. The van der Waals surface area contributed by atoms with Crippen molar-refractivity contribution in [3.05, 3.63) is 0 Å². The first-order valence-corrected chi connectivity index (χ1v) is 38.8. The van der Waals surface area contributed by atoms with Gasteiger partial charge in [-0.1, -0.05) is 292 Å². The molecule has 0 aromatic heterocycles. The Balaban J connectivity index is 5.21. The molecule has 0 bridgehead atoms. The second-order valence-electron chi connectivity index (χ2n) is 26.3. The molecule has 0 aromatic carbocycles. The molecule has 0 saturated heterocycles. The number of hydrogen-bond donors (Lipinski definition) is 3. The maximum Gasteiger partial charge on any atom is 0.472 e. The van der Waals surface area contributed by atoms with E-state index in [0.29, 0.717) is 31.6 Å². The SMILES string of the molecule is CCCCCCCCCCC(=O)OC[C@H](COP(=O)(O)OC[C@H](O)COP(=O)(O)OC[C@@H](COC(=O)CCCCCCCCCCCCCCC(C)C)OC(=O)CCCCCCCCCCCCCCCC(C)C)OC(=O)CCCCCCCCC(C)C. The van der Waals surface area contributed by atoms with E-state index >= 15 is 0 Å². The molecule has 17 nitrogen and oxygen atoms in total. The molecule has 0 aliphatic carbocycles. The van der Waals surface area contributed by atoms with Crippen molar-refractivity contribution in [2.75, 3.05) is 39.6 Å². The Hall–Kier alpha value is -1.94. The monoisotopic (exact) mass is 1300 g/mol. The van der Waals surface area contributed by atoms with Crippen LogP contribution in [-0.4, -0.2) is 96.7 Å². The lowest BCUT2D eigenvalue weighted by molar-refractivity contribution is -0.161. The maximum atomic E-state index is 13.0. The number of phosphoric ester groups is 2. The highest BCUT2D eigenvalue weighted by Gasteiger charge is 2.30. The molecular formula is C69H134O17P2. The van der Waals surface area contributed by atoms with Gasteiger partial charge in [0.2, 0.25) is 0 Å². The van der Waals surface area contributed by atoms with Crippen LogP contribution < -0.4 is 0 Å². The third-order valence-electron chi connectivity index (χ3n) is 15.9. The number of esters is 4. The number of carbonyl (C=O) groups is 4. The summed E-state index contributed by atoms with van der Waals surface area (Å²) in [5.41, 5.74) is 0. The minimum absolute atomic E-state index is 0.102.